The van der Waals surface area contributed by atoms with E-state index >= 15 is 0 Å². The highest BCUT2D eigenvalue weighted by atomic mass is 32.1. The molecule has 1 aliphatic heterocycles. The van der Waals surface area contributed by atoms with Crippen LogP contribution in [0.2, 0.25) is 0 Å². The van der Waals surface area contributed by atoms with Crippen LogP contribution in [0.15, 0.2) is 17.5 Å². The number of hydrogen-bond donors (Lipinski definition) is 2. The Bertz CT molecular complexity index is 428. The second-order valence-electron chi connectivity index (χ2n) is 4.88. The zero-order valence-corrected chi connectivity index (χ0v) is 12.4. The summed E-state index contributed by atoms with van der Waals surface area (Å²) in [5.74, 6) is 0.0121. The quantitative estimate of drug-likeness (QED) is 0.867. The van der Waals surface area contributed by atoms with Gasteiger partial charge < -0.3 is 15.5 Å². The Morgan fingerprint density at radius 2 is 2.00 bits per heavy atom. The number of likely N-dealkylation sites (tertiary alicyclic amines) is 1. The highest BCUT2D eigenvalue weighted by molar-refractivity contribution is 7.09. The molecule has 0 bridgehead atoms. The maximum absolute atomic E-state index is 11.8. The number of amides is 3. The molecule has 0 spiro atoms. The van der Waals surface area contributed by atoms with Crippen LogP contribution in [-0.2, 0) is 11.2 Å². The molecule has 110 valence electrons. The summed E-state index contributed by atoms with van der Waals surface area (Å²) in [5, 5.41) is 7.41. The van der Waals surface area contributed by atoms with Crippen molar-refractivity contribution in [3.05, 3.63) is 22.4 Å². The van der Waals surface area contributed by atoms with Crippen molar-refractivity contribution >= 4 is 23.3 Å². The Labute approximate surface area is 123 Å². The van der Waals surface area contributed by atoms with Crippen molar-refractivity contribution in [2.75, 3.05) is 26.2 Å². The number of carbonyl (C=O) groups excluding carboxylic acids is 2. The molecule has 1 saturated heterocycles. The SMILES string of the molecule is O=C(NCCc1cccs1)NCC(=O)N1CCCCC1. The average molecular weight is 295 g/mol. The first-order chi connectivity index (χ1) is 9.75. The standard InChI is InChI=1S/C14H21N3O2S/c18-13(17-8-2-1-3-9-17)11-16-14(19)15-7-6-12-5-4-10-20-12/h4-5,10H,1-3,6-9,11H2,(H2,15,16,19). The minimum Gasteiger partial charge on any atom is -0.341 e. The van der Waals surface area contributed by atoms with Gasteiger partial charge in [-0.05, 0) is 37.1 Å². The topological polar surface area (TPSA) is 61.4 Å². The lowest BCUT2D eigenvalue weighted by molar-refractivity contribution is -0.130. The molecule has 1 fully saturated rings. The fraction of sp³-hybridized carbons (Fsp3) is 0.571. The molecule has 1 aromatic heterocycles. The van der Waals surface area contributed by atoms with Gasteiger partial charge in [0.2, 0.25) is 5.91 Å². The number of urea groups is 1. The molecule has 3 amide bonds. The van der Waals surface area contributed by atoms with Crippen molar-refractivity contribution < 1.29 is 9.59 Å². The molecule has 0 atom stereocenters. The van der Waals surface area contributed by atoms with Crippen molar-refractivity contribution in [1.82, 2.24) is 15.5 Å². The normalized spacial score (nSPS) is 14.9. The monoisotopic (exact) mass is 295 g/mol. The Morgan fingerprint density at radius 1 is 1.20 bits per heavy atom. The molecule has 2 rings (SSSR count). The highest BCUT2D eigenvalue weighted by Gasteiger charge is 2.16. The second kappa shape index (κ2) is 7.89. The maximum Gasteiger partial charge on any atom is 0.315 e. The molecule has 0 unspecified atom stereocenters. The smallest absolute Gasteiger partial charge is 0.315 e. The molecule has 6 heteroatoms. The summed E-state index contributed by atoms with van der Waals surface area (Å²) in [5.41, 5.74) is 0. The van der Waals surface area contributed by atoms with Crippen LogP contribution in [-0.4, -0.2) is 43.0 Å². The Morgan fingerprint density at radius 3 is 2.70 bits per heavy atom. The molecule has 0 radical (unpaired) electrons. The molecule has 2 heterocycles. The first-order valence-corrected chi connectivity index (χ1v) is 7.95. The molecular formula is C14H21N3O2S. The molecule has 5 nitrogen and oxygen atoms in total. The summed E-state index contributed by atoms with van der Waals surface area (Å²) in [6.07, 6.45) is 4.16. The third-order valence-electron chi connectivity index (χ3n) is 3.35. The van der Waals surface area contributed by atoms with Crippen LogP contribution in [0, 0.1) is 0 Å². The molecule has 1 aromatic rings. The lowest BCUT2D eigenvalue weighted by atomic mass is 10.1. The number of nitrogens with one attached hydrogen (secondary N) is 2. The number of carbonyl (C=O) groups is 2. The van der Waals surface area contributed by atoms with E-state index in [4.69, 9.17) is 0 Å². The van der Waals surface area contributed by atoms with E-state index in [-0.39, 0.29) is 18.5 Å². The van der Waals surface area contributed by atoms with E-state index in [1.807, 2.05) is 22.4 Å². The van der Waals surface area contributed by atoms with Gasteiger partial charge in [-0.15, -0.1) is 11.3 Å². The summed E-state index contributed by atoms with van der Waals surface area (Å²) in [7, 11) is 0. The van der Waals surface area contributed by atoms with E-state index in [2.05, 4.69) is 10.6 Å². The summed E-state index contributed by atoms with van der Waals surface area (Å²) < 4.78 is 0. The van der Waals surface area contributed by atoms with Gasteiger partial charge in [-0.1, -0.05) is 6.07 Å². The fourth-order valence-electron chi connectivity index (χ4n) is 2.23. The molecular weight excluding hydrogens is 274 g/mol. The maximum atomic E-state index is 11.8. The van der Waals surface area contributed by atoms with Crippen molar-refractivity contribution in [2.45, 2.75) is 25.7 Å². The number of thiophene rings is 1. The van der Waals surface area contributed by atoms with Crippen LogP contribution in [0.5, 0.6) is 0 Å². The van der Waals surface area contributed by atoms with Crippen LogP contribution < -0.4 is 10.6 Å². The van der Waals surface area contributed by atoms with Gasteiger partial charge in [0.25, 0.3) is 0 Å². The number of hydrogen-bond acceptors (Lipinski definition) is 3. The first-order valence-electron chi connectivity index (χ1n) is 7.07. The molecule has 0 aliphatic carbocycles. The van der Waals surface area contributed by atoms with E-state index in [0.29, 0.717) is 6.54 Å². The van der Waals surface area contributed by atoms with Gasteiger partial charge in [-0.25, -0.2) is 4.79 Å². The molecule has 2 N–H and O–H groups in total. The number of piperidine rings is 1. The summed E-state index contributed by atoms with van der Waals surface area (Å²) in [6, 6.07) is 3.77. The van der Waals surface area contributed by atoms with Gasteiger partial charge in [-0.2, -0.15) is 0 Å². The number of rotatable bonds is 5. The average Bonchev–Trinajstić information content (AvgIpc) is 2.99. The van der Waals surface area contributed by atoms with Gasteiger partial charge in [0.1, 0.15) is 0 Å². The van der Waals surface area contributed by atoms with E-state index in [1.54, 1.807) is 11.3 Å². The molecule has 0 aromatic carbocycles. The van der Waals surface area contributed by atoms with Crippen LogP contribution in [0.25, 0.3) is 0 Å². The zero-order valence-electron chi connectivity index (χ0n) is 11.6. The van der Waals surface area contributed by atoms with Crippen molar-refractivity contribution in [3.8, 4) is 0 Å². The van der Waals surface area contributed by atoms with Gasteiger partial charge >= 0.3 is 6.03 Å². The first kappa shape index (κ1) is 14.8. The van der Waals surface area contributed by atoms with Crippen LogP contribution >= 0.6 is 11.3 Å². The van der Waals surface area contributed by atoms with Crippen molar-refractivity contribution in [3.63, 3.8) is 0 Å². The molecule has 0 saturated carbocycles. The van der Waals surface area contributed by atoms with E-state index in [1.165, 1.54) is 11.3 Å². The van der Waals surface area contributed by atoms with Crippen molar-refractivity contribution in [2.24, 2.45) is 0 Å². The van der Waals surface area contributed by atoms with Crippen LogP contribution in [0.3, 0.4) is 0 Å². The third kappa shape index (κ3) is 4.85. The second-order valence-corrected chi connectivity index (χ2v) is 5.91. The molecule has 20 heavy (non-hydrogen) atoms. The summed E-state index contributed by atoms with van der Waals surface area (Å²) in [4.78, 5) is 26.5. The van der Waals surface area contributed by atoms with Gasteiger partial charge in [-0.3, -0.25) is 4.79 Å². The van der Waals surface area contributed by atoms with E-state index in [9.17, 15) is 9.59 Å². The highest BCUT2D eigenvalue weighted by Crippen LogP contribution is 2.08. The Balaban J connectivity index is 1.58. The van der Waals surface area contributed by atoms with Gasteiger partial charge in [0.15, 0.2) is 0 Å². The van der Waals surface area contributed by atoms with Crippen LogP contribution in [0.1, 0.15) is 24.1 Å². The lowest BCUT2D eigenvalue weighted by Crippen LogP contribution is -2.45. The minimum atomic E-state index is -0.271. The lowest BCUT2D eigenvalue weighted by Gasteiger charge is -2.26. The zero-order chi connectivity index (χ0) is 14.2. The van der Waals surface area contributed by atoms with E-state index < -0.39 is 0 Å². The number of nitrogens with zero attached hydrogens (tertiary/aromatic N) is 1. The van der Waals surface area contributed by atoms with Gasteiger partial charge in [0, 0.05) is 24.5 Å². The molecule has 1 aliphatic rings. The Kier molecular flexibility index (Phi) is 5.86. The largest absolute Gasteiger partial charge is 0.341 e. The fourth-order valence-corrected chi connectivity index (χ4v) is 2.94. The minimum absolute atomic E-state index is 0.0121. The van der Waals surface area contributed by atoms with Crippen molar-refractivity contribution in [1.29, 1.82) is 0 Å². The van der Waals surface area contributed by atoms with E-state index in [0.717, 1.165) is 32.4 Å². The third-order valence-corrected chi connectivity index (χ3v) is 4.28. The van der Waals surface area contributed by atoms with Crippen LogP contribution in [0.4, 0.5) is 4.79 Å². The van der Waals surface area contributed by atoms with Gasteiger partial charge in [0.05, 0.1) is 6.54 Å². The summed E-state index contributed by atoms with van der Waals surface area (Å²) in [6.45, 7) is 2.32. The Hall–Kier alpha value is -1.56. The predicted molar refractivity (Wildman–Crippen MR) is 79.9 cm³/mol. The summed E-state index contributed by atoms with van der Waals surface area (Å²) >= 11 is 1.68. The predicted octanol–water partition coefficient (Wildman–Crippen LogP) is 1.60.